The number of guanidine groups is 1. The zero-order chi connectivity index (χ0) is 18.1. The van der Waals surface area contributed by atoms with E-state index in [9.17, 15) is 4.79 Å². The SMILES string of the molecule is CN=C(NCCOc1cccc(NC(C)=O)c1)NC1CCC(SC)C1. The summed E-state index contributed by atoms with van der Waals surface area (Å²) in [6.07, 6.45) is 5.83. The third kappa shape index (κ3) is 6.86. The van der Waals surface area contributed by atoms with Crippen molar-refractivity contribution in [2.45, 2.75) is 37.5 Å². The lowest BCUT2D eigenvalue weighted by Gasteiger charge is -2.17. The molecule has 1 aliphatic carbocycles. The molecule has 138 valence electrons. The second-order valence-electron chi connectivity index (χ2n) is 6.07. The maximum atomic E-state index is 11.1. The fourth-order valence-corrected chi connectivity index (χ4v) is 3.68. The highest BCUT2D eigenvalue weighted by Crippen LogP contribution is 2.27. The summed E-state index contributed by atoms with van der Waals surface area (Å²) in [7, 11) is 1.79. The predicted octanol–water partition coefficient (Wildman–Crippen LogP) is 2.47. The first-order valence-corrected chi connectivity index (χ1v) is 9.90. The summed E-state index contributed by atoms with van der Waals surface area (Å²) in [4.78, 5) is 15.4. The Morgan fingerprint density at radius 3 is 2.92 bits per heavy atom. The Morgan fingerprint density at radius 2 is 2.24 bits per heavy atom. The molecule has 0 radical (unpaired) electrons. The number of nitrogens with one attached hydrogen (secondary N) is 3. The maximum Gasteiger partial charge on any atom is 0.221 e. The third-order valence-corrected chi connectivity index (χ3v) is 5.19. The highest BCUT2D eigenvalue weighted by molar-refractivity contribution is 7.99. The number of carbonyl (C=O) groups is 1. The number of hydrogen-bond acceptors (Lipinski definition) is 4. The molecule has 7 heteroatoms. The average molecular weight is 365 g/mol. The first kappa shape index (κ1) is 19.4. The van der Waals surface area contributed by atoms with Gasteiger partial charge in [0.1, 0.15) is 12.4 Å². The summed E-state index contributed by atoms with van der Waals surface area (Å²) in [6, 6.07) is 7.88. The number of amides is 1. The monoisotopic (exact) mass is 364 g/mol. The van der Waals surface area contributed by atoms with Crippen molar-refractivity contribution in [2.24, 2.45) is 4.99 Å². The van der Waals surface area contributed by atoms with E-state index >= 15 is 0 Å². The second kappa shape index (κ2) is 10.2. The molecule has 1 saturated carbocycles. The number of carbonyl (C=O) groups excluding carboxylic acids is 1. The Balaban J connectivity index is 1.70. The largest absolute Gasteiger partial charge is 0.492 e. The number of anilines is 1. The van der Waals surface area contributed by atoms with Crippen molar-refractivity contribution in [2.75, 3.05) is 31.8 Å². The molecule has 2 atom stereocenters. The zero-order valence-corrected chi connectivity index (χ0v) is 16.0. The number of thioether (sulfide) groups is 1. The molecule has 25 heavy (non-hydrogen) atoms. The lowest BCUT2D eigenvalue weighted by molar-refractivity contribution is -0.114. The van der Waals surface area contributed by atoms with E-state index in [0.717, 1.165) is 22.6 Å². The van der Waals surface area contributed by atoms with Gasteiger partial charge in [0.15, 0.2) is 5.96 Å². The molecule has 3 N–H and O–H groups in total. The molecule has 2 rings (SSSR count). The van der Waals surface area contributed by atoms with E-state index in [4.69, 9.17) is 4.74 Å². The van der Waals surface area contributed by atoms with Crippen molar-refractivity contribution in [1.82, 2.24) is 10.6 Å². The van der Waals surface area contributed by atoms with Crippen LogP contribution in [0.1, 0.15) is 26.2 Å². The van der Waals surface area contributed by atoms with E-state index in [0.29, 0.717) is 19.2 Å². The number of benzene rings is 1. The molecule has 0 heterocycles. The van der Waals surface area contributed by atoms with Gasteiger partial charge in [0.2, 0.25) is 5.91 Å². The minimum atomic E-state index is -0.0932. The van der Waals surface area contributed by atoms with Crippen molar-refractivity contribution in [1.29, 1.82) is 0 Å². The highest BCUT2D eigenvalue weighted by atomic mass is 32.2. The van der Waals surface area contributed by atoms with E-state index in [1.54, 1.807) is 7.05 Å². The van der Waals surface area contributed by atoms with E-state index in [1.165, 1.54) is 26.2 Å². The molecule has 0 aliphatic heterocycles. The van der Waals surface area contributed by atoms with Gasteiger partial charge in [-0.2, -0.15) is 11.8 Å². The number of nitrogens with zero attached hydrogens (tertiary/aromatic N) is 1. The number of rotatable bonds is 7. The first-order valence-electron chi connectivity index (χ1n) is 8.61. The molecule has 6 nitrogen and oxygen atoms in total. The van der Waals surface area contributed by atoms with Crippen LogP contribution in [0.5, 0.6) is 5.75 Å². The van der Waals surface area contributed by atoms with Gasteiger partial charge >= 0.3 is 0 Å². The van der Waals surface area contributed by atoms with Gasteiger partial charge in [-0.15, -0.1) is 0 Å². The van der Waals surface area contributed by atoms with Crippen LogP contribution < -0.4 is 20.7 Å². The number of ether oxygens (including phenoxy) is 1. The summed E-state index contributed by atoms with van der Waals surface area (Å²) in [6.45, 7) is 2.66. The van der Waals surface area contributed by atoms with Crippen molar-refractivity contribution >= 4 is 29.3 Å². The molecule has 1 aromatic carbocycles. The van der Waals surface area contributed by atoms with Crippen LogP contribution in [0.2, 0.25) is 0 Å². The van der Waals surface area contributed by atoms with Crippen LogP contribution in [0, 0.1) is 0 Å². The molecule has 1 aromatic rings. The van der Waals surface area contributed by atoms with Crippen LogP contribution in [0.15, 0.2) is 29.3 Å². The van der Waals surface area contributed by atoms with Crippen LogP contribution in [-0.4, -0.2) is 49.6 Å². The molecule has 1 aliphatic rings. The second-order valence-corrected chi connectivity index (χ2v) is 7.21. The molecular weight excluding hydrogens is 336 g/mol. The van der Waals surface area contributed by atoms with Crippen molar-refractivity contribution in [3.8, 4) is 5.75 Å². The Hall–Kier alpha value is -1.89. The van der Waals surface area contributed by atoms with Gasteiger partial charge in [-0.25, -0.2) is 0 Å². The van der Waals surface area contributed by atoms with Crippen molar-refractivity contribution in [3.05, 3.63) is 24.3 Å². The predicted molar refractivity (Wildman–Crippen MR) is 106 cm³/mol. The van der Waals surface area contributed by atoms with Gasteiger partial charge in [0.05, 0.1) is 6.54 Å². The molecule has 0 saturated heterocycles. The van der Waals surface area contributed by atoms with Crippen LogP contribution in [0.4, 0.5) is 5.69 Å². The molecule has 0 bridgehead atoms. The lowest BCUT2D eigenvalue weighted by atomic mass is 10.2. The van der Waals surface area contributed by atoms with E-state index in [2.05, 4.69) is 27.2 Å². The molecule has 1 fully saturated rings. The van der Waals surface area contributed by atoms with Gasteiger partial charge in [-0.1, -0.05) is 6.07 Å². The summed E-state index contributed by atoms with van der Waals surface area (Å²) in [5.41, 5.74) is 0.736. The van der Waals surface area contributed by atoms with Crippen LogP contribution in [0.3, 0.4) is 0 Å². The topological polar surface area (TPSA) is 74.8 Å². The van der Waals surface area contributed by atoms with Gasteiger partial charge in [0, 0.05) is 37.0 Å². The summed E-state index contributed by atoms with van der Waals surface area (Å²) >= 11 is 1.95. The smallest absolute Gasteiger partial charge is 0.221 e. The lowest BCUT2D eigenvalue weighted by Crippen LogP contribution is -2.43. The standard InChI is InChI=1S/C18H28N4O2S/c1-13(23)21-14-5-4-6-16(11-14)24-10-9-20-18(19-2)22-15-7-8-17(12-15)25-3/h4-6,11,15,17H,7-10,12H2,1-3H3,(H,21,23)(H2,19,20,22). The van der Waals surface area contributed by atoms with Gasteiger partial charge in [0.25, 0.3) is 0 Å². The van der Waals surface area contributed by atoms with E-state index in [-0.39, 0.29) is 5.91 Å². The molecule has 2 unspecified atom stereocenters. The van der Waals surface area contributed by atoms with E-state index < -0.39 is 0 Å². The van der Waals surface area contributed by atoms with Gasteiger partial charge in [-0.3, -0.25) is 9.79 Å². The van der Waals surface area contributed by atoms with E-state index in [1.807, 2.05) is 36.0 Å². The van der Waals surface area contributed by atoms with Crippen molar-refractivity contribution in [3.63, 3.8) is 0 Å². The number of aliphatic imine (C=N–C) groups is 1. The average Bonchev–Trinajstić information content (AvgIpc) is 3.05. The van der Waals surface area contributed by atoms with Crippen LogP contribution >= 0.6 is 11.8 Å². The van der Waals surface area contributed by atoms with Crippen LogP contribution in [0.25, 0.3) is 0 Å². The van der Waals surface area contributed by atoms with Gasteiger partial charge < -0.3 is 20.7 Å². The Labute approximate surface area is 154 Å². The summed E-state index contributed by atoms with van der Waals surface area (Å²) < 4.78 is 5.73. The molecular formula is C18H28N4O2S. The van der Waals surface area contributed by atoms with Crippen molar-refractivity contribution < 1.29 is 9.53 Å². The summed E-state index contributed by atoms with van der Waals surface area (Å²) in [5, 5.41) is 10.3. The highest BCUT2D eigenvalue weighted by Gasteiger charge is 2.24. The fraction of sp³-hybridized carbons (Fsp3) is 0.556. The van der Waals surface area contributed by atoms with Crippen LogP contribution in [-0.2, 0) is 4.79 Å². The first-order chi connectivity index (χ1) is 12.1. The minimum absolute atomic E-state index is 0.0932. The minimum Gasteiger partial charge on any atom is -0.492 e. The molecule has 0 spiro atoms. The third-order valence-electron chi connectivity index (χ3n) is 4.10. The normalized spacial score (nSPS) is 20.2. The maximum absolute atomic E-state index is 11.1. The Kier molecular flexibility index (Phi) is 7.91. The Morgan fingerprint density at radius 1 is 1.40 bits per heavy atom. The Bertz CT molecular complexity index is 594. The quantitative estimate of drug-likeness (QED) is 0.394. The zero-order valence-electron chi connectivity index (χ0n) is 15.2. The summed E-state index contributed by atoms with van der Waals surface area (Å²) in [5.74, 6) is 1.46. The fourth-order valence-electron chi connectivity index (χ4n) is 2.88. The number of hydrogen-bond donors (Lipinski definition) is 3. The molecule has 1 amide bonds. The molecule has 0 aromatic heterocycles. The van der Waals surface area contributed by atoms with Gasteiger partial charge in [-0.05, 0) is 37.7 Å².